The second kappa shape index (κ2) is 26.1. The number of carbonyl (C=O) groups is 9. The zero-order valence-electron chi connectivity index (χ0n) is 39.1. The minimum absolute atomic E-state index is 0.00448. The summed E-state index contributed by atoms with van der Waals surface area (Å²) in [6.07, 6.45) is 1.01. The zero-order chi connectivity index (χ0) is 51.1. The lowest BCUT2D eigenvalue weighted by molar-refractivity contribution is -0.142. The highest BCUT2D eigenvalue weighted by molar-refractivity contribution is 8.76. The highest BCUT2D eigenvalue weighted by atomic mass is 33.1. The van der Waals surface area contributed by atoms with Crippen molar-refractivity contribution in [2.45, 2.75) is 107 Å². The van der Waals surface area contributed by atoms with Gasteiger partial charge in [0.1, 0.15) is 42.3 Å². The number of hydrogen-bond donors (Lipinski definition) is 12. The monoisotopic (exact) mass is 1010 g/mol. The van der Waals surface area contributed by atoms with E-state index in [-0.39, 0.29) is 43.2 Å². The SMILES string of the molecule is CC[C@H](C)[C@H](NC(=O)[C@@H]1CCCN1C(=O)[C@@H]1CSSC[C@H](N)C(=O)N[C@@H](Cc2ccccc2)C(=O)N[C@@H](Cc2c[nH]c3ccccc23)C(=O)N[C@@H]([C@@H](C)O)C(=O)N[C@@H](CO)C(=O)N1)C(=O)NCC(N)=O. The number of benzene rings is 2. The Morgan fingerprint density at radius 1 is 0.814 bits per heavy atom. The Kier molecular flexibility index (Phi) is 20.4. The van der Waals surface area contributed by atoms with Crippen molar-refractivity contribution in [1.29, 1.82) is 0 Å². The number of aliphatic hydroxyl groups is 2. The number of carbonyl (C=O) groups excluding carboxylic acids is 9. The number of aromatic amines is 1. The number of nitrogens with one attached hydrogen (secondary N) is 8. The van der Waals surface area contributed by atoms with Crippen molar-refractivity contribution in [3.8, 4) is 0 Å². The number of hydrogen-bond acceptors (Lipinski definition) is 14. The lowest BCUT2D eigenvalue weighted by Crippen LogP contribution is -2.63. The molecule has 22 nitrogen and oxygen atoms in total. The number of H-pyrrole nitrogens is 1. The quantitative estimate of drug-likeness (QED) is 0.0750. The zero-order valence-corrected chi connectivity index (χ0v) is 40.7. The summed E-state index contributed by atoms with van der Waals surface area (Å²) in [5.74, 6) is -7.89. The summed E-state index contributed by atoms with van der Waals surface area (Å²) >= 11 is 0. The van der Waals surface area contributed by atoms with E-state index in [0.717, 1.165) is 32.5 Å². The first-order valence-electron chi connectivity index (χ1n) is 23.0. The van der Waals surface area contributed by atoms with E-state index >= 15 is 0 Å². The van der Waals surface area contributed by atoms with Gasteiger partial charge in [-0.2, -0.15) is 0 Å². The molecule has 380 valence electrons. The highest BCUT2D eigenvalue weighted by Crippen LogP contribution is 2.26. The molecule has 14 N–H and O–H groups in total. The smallest absolute Gasteiger partial charge is 0.246 e. The van der Waals surface area contributed by atoms with Gasteiger partial charge in [-0.1, -0.05) is 90.4 Å². The van der Waals surface area contributed by atoms with Gasteiger partial charge in [0.05, 0.1) is 25.3 Å². The molecule has 0 spiro atoms. The van der Waals surface area contributed by atoms with Gasteiger partial charge in [-0.3, -0.25) is 43.2 Å². The van der Waals surface area contributed by atoms with E-state index in [1.54, 1.807) is 49.5 Å². The van der Waals surface area contributed by atoms with Crippen LogP contribution < -0.4 is 48.7 Å². The van der Waals surface area contributed by atoms with Crippen molar-refractivity contribution in [3.63, 3.8) is 0 Å². The van der Waals surface area contributed by atoms with Crippen LogP contribution in [-0.4, -0.2) is 159 Å². The summed E-state index contributed by atoms with van der Waals surface area (Å²) in [4.78, 5) is 127. The van der Waals surface area contributed by atoms with Crippen LogP contribution in [0, 0.1) is 5.92 Å². The summed E-state index contributed by atoms with van der Waals surface area (Å²) in [5, 5.41) is 40.0. The number of nitrogens with two attached hydrogens (primary N) is 2. The van der Waals surface area contributed by atoms with Crippen LogP contribution in [0.15, 0.2) is 60.8 Å². The summed E-state index contributed by atoms with van der Waals surface area (Å²) in [6.45, 7) is 3.39. The van der Waals surface area contributed by atoms with E-state index < -0.39 is 121 Å². The molecule has 5 rings (SSSR count). The van der Waals surface area contributed by atoms with Crippen molar-refractivity contribution in [2.75, 3.05) is 31.2 Å². The second-order valence-electron chi connectivity index (χ2n) is 17.3. The summed E-state index contributed by atoms with van der Waals surface area (Å²) in [7, 11) is 2.14. The first kappa shape index (κ1) is 54.7. The topological polar surface area (TPSA) is 349 Å². The molecule has 0 saturated carbocycles. The number of aromatic nitrogens is 1. The number of aliphatic hydroxyl groups excluding tert-OH is 2. The van der Waals surface area contributed by atoms with Crippen LogP contribution in [0.5, 0.6) is 0 Å². The molecule has 0 radical (unpaired) electrons. The first-order chi connectivity index (χ1) is 33.4. The molecule has 2 saturated heterocycles. The molecule has 3 aromatic rings. The molecule has 0 aliphatic carbocycles. The first-order valence-corrected chi connectivity index (χ1v) is 25.5. The van der Waals surface area contributed by atoms with Gasteiger partial charge in [0, 0.05) is 48.0 Å². The molecule has 2 aromatic carbocycles. The molecular weight excluding hydrogens is 947 g/mol. The molecule has 3 heterocycles. The van der Waals surface area contributed by atoms with Crippen LogP contribution in [0.3, 0.4) is 0 Å². The van der Waals surface area contributed by atoms with Crippen molar-refractivity contribution in [3.05, 3.63) is 71.9 Å². The van der Waals surface area contributed by atoms with Crippen molar-refractivity contribution in [2.24, 2.45) is 17.4 Å². The molecule has 24 heteroatoms. The molecule has 0 unspecified atom stereocenters. The van der Waals surface area contributed by atoms with E-state index in [1.165, 1.54) is 11.8 Å². The molecule has 2 fully saturated rings. The van der Waals surface area contributed by atoms with Crippen LogP contribution in [0.2, 0.25) is 0 Å². The third kappa shape index (κ3) is 14.9. The summed E-state index contributed by atoms with van der Waals surface area (Å²) < 4.78 is 0. The van der Waals surface area contributed by atoms with E-state index in [4.69, 9.17) is 11.5 Å². The van der Waals surface area contributed by atoms with E-state index in [2.05, 4.69) is 42.2 Å². The largest absolute Gasteiger partial charge is 0.394 e. The maximum absolute atomic E-state index is 14.4. The summed E-state index contributed by atoms with van der Waals surface area (Å²) in [5.41, 5.74) is 13.6. The Labute approximate surface area is 412 Å². The standard InChI is InChI=1S/C46H63N11O11S2/c1-4-24(2)37(44(66)50-20-36(48)60)55-43(65)35-15-10-16-57(35)46(68)34-23-70-69-22-29(47)39(61)51-31(17-26-11-6-5-7-12-26)40(62)52-32(18-27-19-49-30-14-9-8-13-28(27)30)41(63)56-38(25(3)59)45(67)53-33(21-58)42(64)54-34/h5-9,11-14,19,24-25,29,31-35,37-38,49,58-59H,4,10,15-18,20-23,47H2,1-3H3,(H2,48,60)(H,50,66)(H,51,61)(H,52,62)(H,53,67)(H,54,64)(H,55,65)(H,56,63)/t24-,25+,29-,31-,32-,33-,34-,35-,37-,38-/m0/s1. The van der Waals surface area contributed by atoms with Crippen LogP contribution in [0.1, 0.15) is 51.2 Å². The van der Waals surface area contributed by atoms with E-state index in [9.17, 15) is 53.4 Å². The fraction of sp³-hybridized carbons (Fsp3) is 0.500. The van der Waals surface area contributed by atoms with Gasteiger partial charge < -0.3 is 68.8 Å². The third-order valence-electron chi connectivity index (χ3n) is 12.1. The predicted molar refractivity (Wildman–Crippen MR) is 262 cm³/mol. The van der Waals surface area contributed by atoms with Gasteiger partial charge >= 0.3 is 0 Å². The average molecular weight is 1010 g/mol. The number of fused-ring (bicyclic) bond motifs is 1. The van der Waals surface area contributed by atoms with Crippen molar-refractivity contribution >= 4 is 85.7 Å². The number of amides is 9. The predicted octanol–water partition coefficient (Wildman–Crippen LogP) is -2.40. The van der Waals surface area contributed by atoms with E-state index in [1.807, 2.05) is 25.1 Å². The lowest BCUT2D eigenvalue weighted by atomic mass is 9.97. The second-order valence-corrected chi connectivity index (χ2v) is 19.9. The number of primary amides is 1. The number of likely N-dealkylation sites (tertiary alicyclic amines) is 1. The third-order valence-corrected chi connectivity index (χ3v) is 14.6. The van der Waals surface area contributed by atoms with Gasteiger partial charge in [0.2, 0.25) is 53.2 Å². The Balaban J connectivity index is 1.44. The van der Waals surface area contributed by atoms with Crippen LogP contribution in [0.25, 0.3) is 10.9 Å². The van der Waals surface area contributed by atoms with Crippen LogP contribution >= 0.6 is 21.6 Å². The maximum atomic E-state index is 14.4. The van der Waals surface area contributed by atoms with Crippen molar-refractivity contribution in [1.82, 2.24) is 47.1 Å². The fourth-order valence-corrected chi connectivity index (χ4v) is 10.2. The fourth-order valence-electron chi connectivity index (χ4n) is 7.95. The molecule has 0 bridgehead atoms. The Morgan fingerprint density at radius 2 is 1.44 bits per heavy atom. The van der Waals surface area contributed by atoms with Gasteiger partial charge in [-0.05, 0) is 42.9 Å². The van der Waals surface area contributed by atoms with Crippen LogP contribution in [-0.2, 0) is 56.0 Å². The molecule has 2 aliphatic rings. The van der Waals surface area contributed by atoms with Gasteiger partial charge in [-0.15, -0.1) is 0 Å². The lowest BCUT2D eigenvalue weighted by Gasteiger charge is -2.31. The molecule has 70 heavy (non-hydrogen) atoms. The normalized spacial score (nSPS) is 24.7. The maximum Gasteiger partial charge on any atom is 0.246 e. The molecule has 1 aromatic heterocycles. The minimum Gasteiger partial charge on any atom is -0.394 e. The molecule has 9 amide bonds. The minimum atomic E-state index is -1.74. The Morgan fingerprint density at radius 3 is 2.13 bits per heavy atom. The van der Waals surface area contributed by atoms with Crippen molar-refractivity contribution < 1.29 is 53.4 Å². The number of nitrogens with zero attached hydrogens (tertiary/aromatic N) is 1. The van der Waals surface area contributed by atoms with Crippen LogP contribution in [0.4, 0.5) is 0 Å². The van der Waals surface area contributed by atoms with Gasteiger partial charge in [0.15, 0.2) is 0 Å². The number of para-hydroxylation sites is 1. The number of rotatable bonds is 14. The molecular formula is C46H63N11O11S2. The molecule has 2 aliphatic heterocycles. The van der Waals surface area contributed by atoms with Gasteiger partial charge in [0.25, 0.3) is 0 Å². The average Bonchev–Trinajstić information content (AvgIpc) is 4.01. The molecule has 10 atom stereocenters. The van der Waals surface area contributed by atoms with Gasteiger partial charge in [-0.25, -0.2) is 0 Å². The Bertz CT molecular complexity index is 2360. The Hall–Kier alpha value is -6.21. The van der Waals surface area contributed by atoms with E-state index in [0.29, 0.717) is 24.0 Å². The highest BCUT2D eigenvalue weighted by Gasteiger charge is 2.41. The summed E-state index contributed by atoms with van der Waals surface area (Å²) in [6, 6.07) is 5.18.